The zero-order valence-corrected chi connectivity index (χ0v) is 11.7. The smallest absolute Gasteiger partial charge is 0.0699 e. The summed E-state index contributed by atoms with van der Waals surface area (Å²) >= 11 is 0. The molecule has 0 spiro atoms. The highest BCUT2D eigenvalue weighted by Gasteiger charge is 2.18. The molecule has 0 bridgehead atoms. The molecule has 1 saturated heterocycles. The minimum Gasteiger partial charge on any atom is -0.377 e. The van der Waals surface area contributed by atoms with Gasteiger partial charge in [-0.3, -0.25) is 4.68 Å². The number of nitrogens with one attached hydrogen (secondary N) is 1. The number of nitrogens with zero attached hydrogens (tertiary/aromatic N) is 2. The van der Waals surface area contributed by atoms with Crippen molar-refractivity contribution in [2.75, 3.05) is 13.2 Å². The van der Waals surface area contributed by atoms with Gasteiger partial charge >= 0.3 is 0 Å². The predicted octanol–water partition coefficient (Wildman–Crippen LogP) is 2.30. The lowest BCUT2D eigenvalue weighted by atomic mass is 10.1. The van der Waals surface area contributed by atoms with Crippen molar-refractivity contribution in [2.45, 2.75) is 58.2 Å². The third-order valence-corrected chi connectivity index (χ3v) is 3.81. The second-order valence-electron chi connectivity index (χ2n) is 5.42. The van der Waals surface area contributed by atoms with Crippen molar-refractivity contribution in [1.29, 1.82) is 0 Å². The topological polar surface area (TPSA) is 39.1 Å². The van der Waals surface area contributed by atoms with E-state index in [0.717, 1.165) is 13.2 Å². The lowest BCUT2D eigenvalue weighted by Crippen LogP contribution is -2.40. The van der Waals surface area contributed by atoms with Gasteiger partial charge in [-0.05, 0) is 45.6 Å². The van der Waals surface area contributed by atoms with Crippen LogP contribution in [0.5, 0.6) is 0 Å². The van der Waals surface area contributed by atoms with Gasteiger partial charge in [0.05, 0.1) is 18.3 Å². The molecule has 4 heteroatoms. The van der Waals surface area contributed by atoms with Crippen molar-refractivity contribution >= 4 is 0 Å². The van der Waals surface area contributed by atoms with Crippen LogP contribution in [0.3, 0.4) is 0 Å². The van der Waals surface area contributed by atoms with Crippen LogP contribution in [0.4, 0.5) is 0 Å². The monoisotopic (exact) mass is 251 g/mol. The van der Waals surface area contributed by atoms with E-state index in [4.69, 9.17) is 4.74 Å². The summed E-state index contributed by atoms with van der Waals surface area (Å²) in [4.78, 5) is 0. The van der Waals surface area contributed by atoms with Crippen LogP contribution >= 0.6 is 0 Å². The Labute approximate surface area is 110 Å². The fraction of sp³-hybridized carbons (Fsp3) is 0.786. The number of aryl methyl sites for hydroxylation is 1. The number of rotatable bonds is 5. The first-order valence-corrected chi connectivity index (χ1v) is 7.02. The molecule has 1 aromatic heterocycles. The van der Waals surface area contributed by atoms with Gasteiger partial charge in [0.2, 0.25) is 0 Å². The Bertz CT molecular complexity index is 358. The lowest BCUT2D eigenvalue weighted by molar-refractivity contribution is 0.0147. The molecule has 1 aliphatic rings. The molecule has 18 heavy (non-hydrogen) atoms. The zero-order valence-electron chi connectivity index (χ0n) is 11.7. The summed E-state index contributed by atoms with van der Waals surface area (Å²) in [5, 5.41) is 7.95. The van der Waals surface area contributed by atoms with Gasteiger partial charge in [0.25, 0.3) is 0 Å². The molecule has 0 aliphatic carbocycles. The Hall–Kier alpha value is -0.870. The molecular weight excluding hydrogens is 226 g/mol. The molecule has 1 N–H and O–H groups in total. The van der Waals surface area contributed by atoms with Crippen molar-refractivity contribution in [3.8, 4) is 0 Å². The van der Waals surface area contributed by atoms with E-state index < -0.39 is 0 Å². The largest absolute Gasteiger partial charge is 0.377 e. The second-order valence-corrected chi connectivity index (χ2v) is 5.42. The van der Waals surface area contributed by atoms with Gasteiger partial charge in [0.1, 0.15) is 0 Å². The molecule has 0 radical (unpaired) electrons. The number of hydrogen-bond donors (Lipinski definition) is 1. The van der Waals surface area contributed by atoms with E-state index in [2.05, 4.69) is 37.4 Å². The molecule has 0 unspecified atom stereocenters. The van der Waals surface area contributed by atoms with Crippen molar-refractivity contribution in [3.05, 3.63) is 18.0 Å². The Balaban J connectivity index is 1.78. The van der Waals surface area contributed by atoms with Crippen LogP contribution < -0.4 is 5.32 Å². The van der Waals surface area contributed by atoms with E-state index in [1.165, 1.54) is 24.8 Å². The van der Waals surface area contributed by atoms with Crippen LogP contribution in [0.15, 0.2) is 12.4 Å². The van der Waals surface area contributed by atoms with E-state index in [0.29, 0.717) is 18.2 Å². The molecule has 1 aromatic rings. The number of hydrogen-bond acceptors (Lipinski definition) is 3. The van der Waals surface area contributed by atoms with Crippen LogP contribution in [0, 0.1) is 6.92 Å². The van der Waals surface area contributed by atoms with E-state index in [1.54, 1.807) is 0 Å². The van der Waals surface area contributed by atoms with Crippen LogP contribution in [0.1, 0.15) is 44.7 Å². The van der Waals surface area contributed by atoms with E-state index in [-0.39, 0.29) is 0 Å². The van der Waals surface area contributed by atoms with Gasteiger partial charge in [0.15, 0.2) is 0 Å². The van der Waals surface area contributed by atoms with Gasteiger partial charge in [-0.25, -0.2) is 0 Å². The van der Waals surface area contributed by atoms with E-state index in [9.17, 15) is 0 Å². The average molecular weight is 251 g/mol. The van der Waals surface area contributed by atoms with Crippen LogP contribution in [-0.2, 0) is 4.74 Å². The maximum Gasteiger partial charge on any atom is 0.0699 e. The first kappa shape index (κ1) is 13.6. The van der Waals surface area contributed by atoms with Crippen molar-refractivity contribution < 1.29 is 4.74 Å². The Morgan fingerprint density at radius 2 is 2.33 bits per heavy atom. The maximum atomic E-state index is 5.73. The van der Waals surface area contributed by atoms with Gasteiger partial charge in [-0.1, -0.05) is 0 Å². The Morgan fingerprint density at radius 1 is 1.50 bits per heavy atom. The SMILES string of the molecule is Cc1cnn([C@H](C)[C@@H](C)NC[C@H]2CCCCO2)c1. The summed E-state index contributed by atoms with van der Waals surface area (Å²) in [5.41, 5.74) is 1.21. The van der Waals surface area contributed by atoms with Gasteiger partial charge in [-0.15, -0.1) is 0 Å². The minimum absolute atomic E-state index is 0.363. The Morgan fingerprint density at radius 3 is 2.94 bits per heavy atom. The molecule has 2 heterocycles. The highest BCUT2D eigenvalue weighted by Crippen LogP contribution is 2.14. The zero-order chi connectivity index (χ0) is 13.0. The normalized spacial score (nSPS) is 23.8. The molecule has 0 amide bonds. The average Bonchev–Trinajstić information content (AvgIpc) is 2.83. The highest BCUT2D eigenvalue weighted by molar-refractivity contribution is 5.00. The fourth-order valence-corrected chi connectivity index (χ4v) is 2.34. The second kappa shape index (κ2) is 6.34. The molecule has 4 nitrogen and oxygen atoms in total. The molecule has 2 rings (SSSR count). The highest BCUT2D eigenvalue weighted by atomic mass is 16.5. The molecule has 1 fully saturated rings. The van der Waals surface area contributed by atoms with Crippen LogP contribution in [0.2, 0.25) is 0 Å². The minimum atomic E-state index is 0.363. The number of aromatic nitrogens is 2. The first-order valence-electron chi connectivity index (χ1n) is 7.02. The van der Waals surface area contributed by atoms with Gasteiger partial charge in [0, 0.05) is 25.4 Å². The van der Waals surface area contributed by atoms with Crippen molar-refractivity contribution in [3.63, 3.8) is 0 Å². The first-order chi connectivity index (χ1) is 8.66. The summed E-state index contributed by atoms with van der Waals surface area (Å²) in [6.45, 7) is 8.36. The molecule has 0 aromatic carbocycles. The predicted molar refractivity (Wildman–Crippen MR) is 72.7 cm³/mol. The molecule has 3 atom stereocenters. The molecule has 102 valence electrons. The molecular formula is C14H25N3O. The third kappa shape index (κ3) is 3.56. The maximum absolute atomic E-state index is 5.73. The molecule has 1 aliphatic heterocycles. The van der Waals surface area contributed by atoms with Gasteiger partial charge in [-0.2, -0.15) is 5.10 Å². The number of ether oxygens (including phenoxy) is 1. The summed E-state index contributed by atoms with van der Waals surface area (Å²) < 4.78 is 7.77. The van der Waals surface area contributed by atoms with E-state index >= 15 is 0 Å². The quantitative estimate of drug-likeness (QED) is 0.872. The van der Waals surface area contributed by atoms with Crippen molar-refractivity contribution in [2.24, 2.45) is 0 Å². The molecule has 0 saturated carbocycles. The summed E-state index contributed by atoms with van der Waals surface area (Å²) in [6, 6.07) is 0.761. The summed E-state index contributed by atoms with van der Waals surface area (Å²) in [7, 11) is 0. The van der Waals surface area contributed by atoms with E-state index in [1.807, 2.05) is 10.9 Å². The van der Waals surface area contributed by atoms with Crippen LogP contribution in [-0.4, -0.2) is 35.1 Å². The van der Waals surface area contributed by atoms with Crippen LogP contribution in [0.25, 0.3) is 0 Å². The summed E-state index contributed by atoms with van der Waals surface area (Å²) in [6.07, 6.45) is 8.11. The summed E-state index contributed by atoms with van der Waals surface area (Å²) in [5.74, 6) is 0. The third-order valence-electron chi connectivity index (χ3n) is 3.81. The van der Waals surface area contributed by atoms with Gasteiger partial charge < -0.3 is 10.1 Å². The fourth-order valence-electron chi connectivity index (χ4n) is 2.34. The standard InChI is InChI=1S/C14H25N3O/c1-11-8-16-17(10-11)13(3)12(2)15-9-14-6-4-5-7-18-14/h8,10,12-15H,4-7,9H2,1-3H3/t12-,13-,14-/m1/s1. The van der Waals surface area contributed by atoms with Crippen molar-refractivity contribution in [1.82, 2.24) is 15.1 Å². The Kier molecular flexibility index (Phi) is 4.78. The lowest BCUT2D eigenvalue weighted by Gasteiger charge is -2.27.